The first-order chi connectivity index (χ1) is 22.0. The van der Waals surface area contributed by atoms with Gasteiger partial charge in [0.2, 0.25) is 5.91 Å². The lowest BCUT2D eigenvalue weighted by molar-refractivity contribution is -0.315. The van der Waals surface area contributed by atoms with Crippen molar-refractivity contribution < 1.29 is 9.28 Å². The number of amidine groups is 1. The largest absolute Gasteiger partial charge is 0.553 e. The van der Waals surface area contributed by atoms with Crippen LogP contribution in [0, 0.1) is 6.92 Å². The third-order valence-electron chi connectivity index (χ3n) is 7.98. The van der Waals surface area contributed by atoms with Crippen LogP contribution in [0.3, 0.4) is 0 Å². The summed E-state index contributed by atoms with van der Waals surface area (Å²) in [5.41, 5.74) is 12.4. The zero-order valence-corrected chi connectivity index (χ0v) is 25.8. The number of hydrogen-bond donors (Lipinski definition) is 5. The lowest BCUT2D eigenvalue weighted by atomic mass is 9.92. The number of benzene rings is 3. The molecule has 2 aliphatic rings. The smallest absolute Gasteiger partial charge is 0.347 e. The summed E-state index contributed by atoms with van der Waals surface area (Å²) < 4.78 is 4.32. The van der Waals surface area contributed by atoms with Crippen molar-refractivity contribution in [3.63, 3.8) is 0 Å². The van der Waals surface area contributed by atoms with E-state index < -0.39 is 0 Å². The fourth-order valence-corrected chi connectivity index (χ4v) is 5.60. The molecule has 6 N–H and O–H groups in total. The van der Waals surface area contributed by atoms with Crippen molar-refractivity contribution in [1.29, 1.82) is 0 Å². The summed E-state index contributed by atoms with van der Waals surface area (Å²) in [6.07, 6.45) is 7.82. The molecule has 0 atom stereocenters. The Bertz CT molecular complexity index is 1820. The SMILES string of the molecule is Cc1ccccc1CNC1=[N+]2[B]n3c(NC=C(CCc4ccccc4)NN)ccc3C(c3ccc(NC(=O)CCl)cc3)=C2C=C1. The second-order valence-electron chi connectivity index (χ2n) is 10.9. The summed E-state index contributed by atoms with van der Waals surface area (Å²) in [6.45, 7) is 2.83. The second-order valence-corrected chi connectivity index (χ2v) is 11.2. The third kappa shape index (κ3) is 6.75. The molecule has 10 heteroatoms. The Morgan fingerprint density at radius 3 is 2.51 bits per heavy atom. The molecule has 225 valence electrons. The Labute approximate surface area is 269 Å². The monoisotopic (exact) mass is 615 g/mol. The van der Waals surface area contributed by atoms with Gasteiger partial charge in [0.1, 0.15) is 23.9 Å². The third-order valence-corrected chi connectivity index (χ3v) is 8.23. The Balaban J connectivity index is 1.32. The number of aromatic nitrogens is 1. The number of carbonyl (C=O) groups is 1. The van der Waals surface area contributed by atoms with Gasteiger partial charge >= 0.3 is 7.55 Å². The molecule has 2 aliphatic heterocycles. The summed E-state index contributed by atoms with van der Waals surface area (Å²) in [5.74, 6) is 7.44. The number of rotatable bonds is 11. The predicted octanol–water partition coefficient (Wildman–Crippen LogP) is 5.25. The molecule has 0 saturated heterocycles. The van der Waals surface area contributed by atoms with Crippen LogP contribution < -0.4 is 27.2 Å². The lowest BCUT2D eigenvalue weighted by Crippen LogP contribution is -2.37. The standard InChI is InChI=1S/C35H35BClN7O/c1-24-7-5-6-10-27(24)22-39-32-19-17-30-35(26-12-15-28(16-13-26)41-34(45)21-37)31-18-20-33(44(31)36-43(30)32)40-23-29(42-38)14-11-25-8-3-2-4-9-25/h2-10,12-13,15-20,23,39-40,42H,11,14,21-22,38H2,1H3,(H,41,45)/q+1. The number of alkyl halides is 1. The second kappa shape index (κ2) is 13.8. The van der Waals surface area contributed by atoms with Gasteiger partial charge in [0.15, 0.2) is 0 Å². The minimum atomic E-state index is -0.240. The Kier molecular flexibility index (Phi) is 9.19. The Hall–Kier alpha value is -4.99. The first-order valence-corrected chi connectivity index (χ1v) is 15.4. The number of allylic oxidation sites excluding steroid dienone is 2. The van der Waals surface area contributed by atoms with E-state index in [0.717, 1.165) is 52.7 Å². The van der Waals surface area contributed by atoms with E-state index in [1.54, 1.807) is 0 Å². The maximum Gasteiger partial charge on any atom is 0.553 e. The number of nitrogens with two attached hydrogens (primary N) is 1. The number of hydrazine groups is 1. The molecule has 3 aromatic carbocycles. The highest BCUT2D eigenvalue weighted by Crippen LogP contribution is 2.36. The van der Waals surface area contributed by atoms with Crippen molar-refractivity contribution in [1.82, 2.24) is 15.2 Å². The Morgan fingerprint density at radius 1 is 0.978 bits per heavy atom. The van der Waals surface area contributed by atoms with Gasteiger partial charge < -0.3 is 20.5 Å². The zero-order chi connectivity index (χ0) is 31.2. The number of anilines is 2. The maximum atomic E-state index is 11.8. The predicted molar refractivity (Wildman–Crippen MR) is 184 cm³/mol. The molecule has 1 amide bonds. The number of carbonyl (C=O) groups excluding carboxylic acids is 1. The van der Waals surface area contributed by atoms with Crippen LogP contribution >= 0.6 is 11.6 Å². The van der Waals surface area contributed by atoms with Gasteiger partial charge in [-0.2, -0.15) is 0 Å². The summed E-state index contributed by atoms with van der Waals surface area (Å²) in [7, 11) is 2.10. The van der Waals surface area contributed by atoms with Crippen LogP contribution in [-0.4, -0.2) is 34.1 Å². The molecule has 0 aliphatic carbocycles. The van der Waals surface area contributed by atoms with Crippen LogP contribution in [0.5, 0.6) is 0 Å². The molecular formula is C35H35BClN7O+. The van der Waals surface area contributed by atoms with Crippen LogP contribution in [0.1, 0.15) is 34.4 Å². The topological polar surface area (TPSA) is 99.2 Å². The number of fused-ring (bicyclic) bond motifs is 2. The van der Waals surface area contributed by atoms with Gasteiger partial charge in [-0.15, -0.1) is 11.6 Å². The van der Waals surface area contributed by atoms with E-state index in [9.17, 15) is 4.79 Å². The molecule has 0 saturated carbocycles. The van der Waals surface area contributed by atoms with E-state index in [2.05, 4.69) is 105 Å². The minimum Gasteiger partial charge on any atom is -0.347 e. The van der Waals surface area contributed by atoms with E-state index in [-0.39, 0.29) is 11.8 Å². The average molecular weight is 616 g/mol. The number of amides is 1. The maximum absolute atomic E-state index is 11.8. The minimum absolute atomic E-state index is 0.0911. The summed E-state index contributed by atoms with van der Waals surface area (Å²) in [6, 6.07) is 30.8. The van der Waals surface area contributed by atoms with Crippen LogP contribution in [0.25, 0.3) is 5.57 Å². The molecule has 45 heavy (non-hydrogen) atoms. The van der Waals surface area contributed by atoms with E-state index in [4.69, 9.17) is 17.4 Å². The van der Waals surface area contributed by atoms with Crippen molar-refractivity contribution >= 4 is 48.0 Å². The fourth-order valence-electron chi connectivity index (χ4n) is 5.54. The molecular weight excluding hydrogens is 581 g/mol. The molecule has 0 bridgehead atoms. The molecule has 0 unspecified atom stereocenters. The quantitative estimate of drug-likeness (QED) is 0.0687. The number of nitrogens with zero attached hydrogens (tertiary/aromatic N) is 2. The number of hydrogen-bond acceptors (Lipinski definition) is 5. The van der Waals surface area contributed by atoms with Crippen LogP contribution in [0.2, 0.25) is 0 Å². The van der Waals surface area contributed by atoms with Crippen LogP contribution in [-0.2, 0) is 17.8 Å². The van der Waals surface area contributed by atoms with E-state index in [0.29, 0.717) is 12.2 Å². The number of halogens is 1. The lowest BCUT2D eigenvalue weighted by Gasteiger charge is -2.22. The van der Waals surface area contributed by atoms with Crippen LogP contribution in [0.4, 0.5) is 11.5 Å². The van der Waals surface area contributed by atoms with Crippen molar-refractivity contribution in [2.75, 3.05) is 16.5 Å². The van der Waals surface area contributed by atoms with Crippen LogP contribution in [0.15, 0.2) is 121 Å². The van der Waals surface area contributed by atoms with Gasteiger partial charge in [0, 0.05) is 34.9 Å². The van der Waals surface area contributed by atoms with Gasteiger partial charge in [0.05, 0.1) is 0 Å². The normalized spacial score (nSPS) is 13.7. The highest BCUT2D eigenvalue weighted by Gasteiger charge is 2.34. The van der Waals surface area contributed by atoms with E-state index in [1.807, 2.05) is 48.7 Å². The molecule has 4 aromatic rings. The highest BCUT2D eigenvalue weighted by molar-refractivity contribution is 6.30. The first-order valence-electron chi connectivity index (χ1n) is 14.9. The molecule has 6 rings (SSSR count). The molecule has 8 nitrogen and oxygen atoms in total. The summed E-state index contributed by atoms with van der Waals surface area (Å²) in [5, 5.41) is 9.94. The Morgan fingerprint density at radius 2 is 1.76 bits per heavy atom. The van der Waals surface area contributed by atoms with E-state index in [1.165, 1.54) is 16.7 Å². The zero-order valence-electron chi connectivity index (χ0n) is 25.1. The van der Waals surface area contributed by atoms with Crippen molar-refractivity contribution in [3.8, 4) is 0 Å². The summed E-state index contributed by atoms with van der Waals surface area (Å²) in [4.78, 5) is 11.8. The molecule has 1 radical (unpaired) electrons. The van der Waals surface area contributed by atoms with Gasteiger partial charge in [0.25, 0.3) is 5.84 Å². The first kappa shape index (κ1) is 30.1. The number of nitrogens with one attached hydrogen (secondary N) is 4. The van der Waals surface area contributed by atoms with Gasteiger partial charge in [-0.1, -0.05) is 66.7 Å². The summed E-state index contributed by atoms with van der Waals surface area (Å²) >= 11 is 5.69. The highest BCUT2D eigenvalue weighted by atomic mass is 35.5. The van der Waals surface area contributed by atoms with Crippen molar-refractivity contribution in [2.24, 2.45) is 5.84 Å². The van der Waals surface area contributed by atoms with Gasteiger partial charge in [-0.05, 0) is 72.4 Å². The number of aryl methyl sites for hydroxylation is 2. The van der Waals surface area contributed by atoms with Gasteiger partial charge in [-0.3, -0.25) is 20.4 Å². The van der Waals surface area contributed by atoms with Crippen molar-refractivity contribution in [2.45, 2.75) is 26.3 Å². The molecule has 0 fully saturated rings. The van der Waals surface area contributed by atoms with Gasteiger partial charge in [-0.25, -0.2) is 0 Å². The van der Waals surface area contributed by atoms with E-state index >= 15 is 0 Å². The molecule has 0 spiro atoms. The fraction of sp³-hybridized carbons (Fsp3) is 0.143. The van der Waals surface area contributed by atoms with Crippen molar-refractivity contribution in [3.05, 3.63) is 149 Å². The molecule has 3 heterocycles. The molecule has 1 aromatic heterocycles. The average Bonchev–Trinajstić information content (AvgIpc) is 3.68.